The Morgan fingerprint density at radius 3 is 2.36 bits per heavy atom. The second-order valence-electron chi connectivity index (χ2n) is 4.53. The molecule has 0 saturated heterocycles. The smallest absolute Gasteiger partial charge is 0.338 e. The van der Waals surface area contributed by atoms with E-state index in [-0.39, 0.29) is 18.4 Å². The van der Waals surface area contributed by atoms with Crippen molar-refractivity contribution < 1.29 is 23.9 Å². The molecule has 22 heavy (non-hydrogen) atoms. The summed E-state index contributed by atoms with van der Waals surface area (Å²) in [5.41, 5.74) is 1.21. The second-order valence-corrected chi connectivity index (χ2v) is 4.53. The molecule has 0 aliphatic heterocycles. The van der Waals surface area contributed by atoms with Crippen molar-refractivity contribution >= 4 is 17.8 Å². The van der Waals surface area contributed by atoms with Crippen LogP contribution < -0.4 is 10.6 Å². The molecule has 7 nitrogen and oxygen atoms in total. The predicted molar refractivity (Wildman–Crippen MR) is 79.1 cm³/mol. The number of hydrogen-bond acceptors (Lipinski definition) is 5. The number of carbonyl (C=O) groups is 3. The normalized spacial score (nSPS) is 9.91. The summed E-state index contributed by atoms with van der Waals surface area (Å²) in [7, 11) is 1.53. The predicted octanol–water partition coefficient (Wildman–Crippen LogP) is 0.242. The number of nitrogens with one attached hydrogen (secondary N) is 2. The van der Waals surface area contributed by atoms with Crippen molar-refractivity contribution in [1.82, 2.24) is 10.6 Å². The number of methoxy groups -OCH3 is 1. The highest BCUT2D eigenvalue weighted by atomic mass is 16.5. The van der Waals surface area contributed by atoms with Gasteiger partial charge in [-0.05, 0) is 17.7 Å². The van der Waals surface area contributed by atoms with E-state index in [1.54, 1.807) is 24.3 Å². The van der Waals surface area contributed by atoms with E-state index in [0.29, 0.717) is 25.3 Å². The van der Waals surface area contributed by atoms with E-state index < -0.39 is 5.97 Å². The topological polar surface area (TPSA) is 93.7 Å². The fraction of sp³-hybridized carbons (Fsp3) is 0.400. The molecule has 1 aromatic rings. The third-order valence-electron chi connectivity index (χ3n) is 2.69. The minimum atomic E-state index is -0.576. The maximum atomic E-state index is 11.8. The highest BCUT2D eigenvalue weighted by Gasteiger charge is 2.09. The number of rotatable bonds is 8. The Hall–Kier alpha value is -2.41. The van der Waals surface area contributed by atoms with Crippen LogP contribution in [0.3, 0.4) is 0 Å². The van der Waals surface area contributed by atoms with Crippen molar-refractivity contribution in [3.8, 4) is 0 Å². The van der Waals surface area contributed by atoms with Gasteiger partial charge in [0, 0.05) is 27.1 Å². The van der Waals surface area contributed by atoms with Gasteiger partial charge in [0.2, 0.25) is 5.91 Å². The highest BCUT2D eigenvalue weighted by molar-refractivity contribution is 5.91. The van der Waals surface area contributed by atoms with Crippen LogP contribution in [0.1, 0.15) is 22.8 Å². The summed E-state index contributed by atoms with van der Waals surface area (Å²) in [6.07, 6.45) is 0. The minimum absolute atomic E-state index is 0.122. The Kier molecular flexibility index (Phi) is 7.63. The molecule has 1 rings (SSSR count). The summed E-state index contributed by atoms with van der Waals surface area (Å²) < 4.78 is 9.68. The molecule has 1 aromatic carbocycles. The highest BCUT2D eigenvalue weighted by Crippen LogP contribution is 2.06. The van der Waals surface area contributed by atoms with E-state index in [1.165, 1.54) is 14.0 Å². The maximum Gasteiger partial charge on any atom is 0.338 e. The van der Waals surface area contributed by atoms with E-state index in [9.17, 15) is 14.4 Å². The van der Waals surface area contributed by atoms with Gasteiger partial charge in [0.05, 0.1) is 12.2 Å². The van der Waals surface area contributed by atoms with Crippen LogP contribution in [0.5, 0.6) is 0 Å². The molecule has 2 N–H and O–H groups in total. The number of amides is 2. The average molecular weight is 308 g/mol. The van der Waals surface area contributed by atoms with Crippen molar-refractivity contribution in [2.24, 2.45) is 0 Å². The quantitative estimate of drug-likeness (QED) is 0.530. The molecule has 0 saturated carbocycles. The van der Waals surface area contributed by atoms with Gasteiger partial charge in [-0.3, -0.25) is 9.59 Å². The summed E-state index contributed by atoms with van der Waals surface area (Å²) in [4.78, 5) is 33.9. The zero-order valence-corrected chi connectivity index (χ0v) is 12.7. The van der Waals surface area contributed by atoms with Crippen LogP contribution >= 0.6 is 0 Å². The lowest BCUT2D eigenvalue weighted by atomic mass is 10.1. The second kappa shape index (κ2) is 9.51. The Morgan fingerprint density at radius 1 is 1.09 bits per heavy atom. The first-order valence-corrected chi connectivity index (χ1v) is 6.79. The summed E-state index contributed by atoms with van der Waals surface area (Å²) in [6.45, 7) is 2.26. The van der Waals surface area contributed by atoms with Gasteiger partial charge >= 0.3 is 5.97 Å². The molecule has 0 aromatic heterocycles. The van der Waals surface area contributed by atoms with E-state index in [2.05, 4.69) is 10.6 Å². The van der Waals surface area contributed by atoms with Crippen molar-refractivity contribution in [2.45, 2.75) is 13.5 Å². The molecule has 0 atom stereocenters. The first-order chi connectivity index (χ1) is 10.5. The van der Waals surface area contributed by atoms with Crippen LogP contribution in [0, 0.1) is 0 Å². The number of carbonyl (C=O) groups excluding carboxylic acids is 3. The molecule has 0 bridgehead atoms. The van der Waals surface area contributed by atoms with Crippen LogP contribution in [-0.2, 0) is 25.6 Å². The minimum Gasteiger partial charge on any atom is -0.452 e. The van der Waals surface area contributed by atoms with Gasteiger partial charge in [-0.2, -0.15) is 0 Å². The Labute approximate surface area is 129 Å². The molecule has 7 heteroatoms. The van der Waals surface area contributed by atoms with Gasteiger partial charge in [-0.1, -0.05) is 12.1 Å². The van der Waals surface area contributed by atoms with E-state index in [1.807, 2.05) is 0 Å². The summed E-state index contributed by atoms with van der Waals surface area (Å²) in [6, 6.07) is 6.60. The first-order valence-electron chi connectivity index (χ1n) is 6.79. The first kappa shape index (κ1) is 17.6. The van der Waals surface area contributed by atoms with Gasteiger partial charge < -0.3 is 20.1 Å². The van der Waals surface area contributed by atoms with Crippen LogP contribution in [0.2, 0.25) is 0 Å². The molecule has 2 amide bonds. The van der Waals surface area contributed by atoms with Crippen molar-refractivity contribution in [3.05, 3.63) is 35.4 Å². The summed E-state index contributed by atoms with van der Waals surface area (Å²) in [5, 5.41) is 5.20. The molecular weight excluding hydrogens is 288 g/mol. The fourth-order valence-electron chi connectivity index (χ4n) is 1.54. The van der Waals surface area contributed by atoms with Crippen LogP contribution in [0.4, 0.5) is 0 Å². The standard InChI is InChI=1S/C15H20N2O5/c1-11(18)17-9-12-3-5-13(6-4-12)15(20)22-10-14(19)16-7-8-21-2/h3-6H,7-10H2,1-2H3,(H,16,19)(H,17,18). The average Bonchev–Trinajstić information content (AvgIpc) is 2.51. The SMILES string of the molecule is COCCNC(=O)COC(=O)c1ccc(CNC(C)=O)cc1. The van der Waals surface area contributed by atoms with Crippen LogP contribution in [-0.4, -0.2) is 44.7 Å². The molecule has 120 valence electrons. The lowest BCUT2D eigenvalue weighted by Gasteiger charge is -2.07. The van der Waals surface area contributed by atoms with Gasteiger partial charge in [0.1, 0.15) is 0 Å². The van der Waals surface area contributed by atoms with Crippen molar-refractivity contribution in [2.75, 3.05) is 26.9 Å². The van der Waals surface area contributed by atoms with Gasteiger partial charge in [0.15, 0.2) is 6.61 Å². The number of ether oxygens (including phenoxy) is 2. The van der Waals surface area contributed by atoms with Crippen LogP contribution in [0.25, 0.3) is 0 Å². The Bertz CT molecular complexity index is 513. The lowest BCUT2D eigenvalue weighted by molar-refractivity contribution is -0.124. The van der Waals surface area contributed by atoms with Crippen molar-refractivity contribution in [3.63, 3.8) is 0 Å². The monoisotopic (exact) mass is 308 g/mol. The lowest BCUT2D eigenvalue weighted by Crippen LogP contribution is -2.31. The summed E-state index contributed by atoms with van der Waals surface area (Å²) >= 11 is 0. The van der Waals surface area contributed by atoms with Crippen molar-refractivity contribution in [1.29, 1.82) is 0 Å². The molecule has 0 unspecified atom stereocenters. The molecule has 0 heterocycles. The van der Waals surface area contributed by atoms with Crippen LogP contribution in [0.15, 0.2) is 24.3 Å². The number of esters is 1. The van der Waals surface area contributed by atoms with E-state index in [4.69, 9.17) is 9.47 Å². The van der Waals surface area contributed by atoms with E-state index >= 15 is 0 Å². The molecule has 0 radical (unpaired) electrons. The van der Waals surface area contributed by atoms with Gasteiger partial charge in [0.25, 0.3) is 5.91 Å². The summed E-state index contributed by atoms with van der Waals surface area (Å²) in [5.74, 6) is -1.08. The van der Waals surface area contributed by atoms with Gasteiger partial charge in [-0.25, -0.2) is 4.79 Å². The third kappa shape index (κ3) is 6.85. The van der Waals surface area contributed by atoms with E-state index in [0.717, 1.165) is 5.56 Å². The molecule has 0 aliphatic carbocycles. The maximum absolute atomic E-state index is 11.8. The fourth-order valence-corrected chi connectivity index (χ4v) is 1.54. The van der Waals surface area contributed by atoms with Gasteiger partial charge in [-0.15, -0.1) is 0 Å². The molecule has 0 fully saturated rings. The Morgan fingerprint density at radius 2 is 1.77 bits per heavy atom. The zero-order chi connectivity index (χ0) is 16.4. The number of hydrogen-bond donors (Lipinski definition) is 2. The largest absolute Gasteiger partial charge is 0.452 e. The molecule has 0 spiro atoms. The number of benzene rings is 1. The Balaban J connectivity index is 2.39. The molecular formula is C15H20N2O5. The third-order valence-corrected chi connectivity index (χ3v) is 2.69. The zero-order valence-electron chi connectivity index (χ0n) is 12.7. The molecule has 0 aliphatic rings.